The third kappa shape index (κ3) is 3.98. The van der Waals surface area contributed by atoms with Crippen LogP contribution in [-0.2, 0) is 6.42 Å². The van der Waals surface area contributed by atoms with Crippen LogP contribution in [0.3, 0.4) is 0 Å². The molecule has 0 aliphatic heterocycles. The molecule has 16 heavy (non-hydrogen) atoms. The standard InChI is InChI=1S/C15H20O/c1-12-11-14(16-5)9-8-13(12)7-6-10-15(2,3)4/h8-9,11H,7H2,1-5H3. The summed E-state index contributed by atoms with van der Waals surface area (Å²) >= 11 is 0. The van der Waals surface area contributed by atoms with Crippen molar-refractivity contribution >= 4 is 0 Å². The molecule has 1 nitrogen and oxygen atoms in total. The van der Waals surface area contributed by atoms with Crippen molar-refractivity contribution in [3.8, 4) is 17.6 Å². The summed E-state index contributed by atoms with van der Waals surface area (Å²) in [5.41, 5.74) is 2.60. The fourth-order valence-electron chi connectivity index (χ4n) is 1.40. The minimum absolute atomic E-state index is 0.0837. The number of benzene rings is 1. The van der Waals surface area contributed by atoms with E-state index in [0.717, 1.165) is 12.2 Å². The van der Waals surface area contributed by atoms with Gasteiger partial charge in [-0.3, -0.25) is 0 Å². The van der Waals surface area contributed by atoms with Crippen molar-refractivity contribution in [2.45, 2.75) is 34.1 Å². The highest BCUT2D eigenvalue weighted by molar-refractivity contribution is 5.36. The fraction of sp³-hybridized carbons (Fsp3) is 0.467. The Morgan fingerprint density at radius 2 is 1.94 bits per heavy atom. The highest BCUT2D eigenvalue weighted by atomic mass is 16.5. The van der Waals surface area contributed by atoms with E-state index in [1.54, 1.807) is 7.11 Å². The largest absolute Gasteiger partial charge is 0.497 e. The van der Waals surface area contributed by atoms with Crippen LogP contribution in [0.1, 0.15) is 31.9 Å². The van der Waals surface area contributed by atoms with Gasteiger partial charge in [0.25, 0.3) is 0 Å². The first-order chi connectivity index (χ1) is 7.42. The number of hydrogen-bond donors (Lipinski definition) is 0. The third-order valence-electron chi connectivity index (χ3n) is 2.29. The summed E-state index contributed by atoms with van der Waals surface area (Å²) in [5.74, 6) is 7.38. The molecular weight excluding hydrogens is 196 g/mol. The first-order valence-electron chi connectivity index (χ1n) is 5.56. The molecule has 1 aromatic carbocycles. The van der Waals surface area contributed by atoms with Crippen LogP contribution >= 0.6 is 0 Å². The molecule has 86 valence electrons. The Bertz CT molecular complexity index is 413. The number of ether oxygens (including phenoxy) is 1. The quantitative estimate of drug-likeness (QED) is 0.686. The lowest BCUT2D eigenvalue weighted by Gasteiger charge is -2.08. The van der Waals surface area contributed by atoms with E-state index in [4.69, 9.17) is 4.74 Å². The molecule has 1 rings (SSSR count). The van der Waals surface area contributed by atoms with Crippen molar-refractivity contribution < 1.29 is 4.74 Å². The van der Waals surface area contributed by atoms with Crippen LogP contribution in [0.15, 0.2) is 18.2 Å². The first-order valence-corrected chi connectivity index (χ1v) is 5.56. The van der Waals surface area contributed by atoms with E-state index < -0.39 is 0 Å². The topological polar surface area (TPSA) is 9.23 Å². The Balaban J connectivity index is 2.78. The van der Waals surface area contributed by atoms with Crippen molar-refractivity contribution in [3.63, 3.8) is 0 Å². The first kappa shape index (κ1) is 12.6. The summed E-state index contributed by atoms with van der Waals surface area (Å²) in [6.45, 7) is 8.47. The van der Waals surface area contributed by atoms with Gasteiger partial charge in [0, 0.05) is 11.8 Å². The van der Waals surface area contributed by atoms with E-state index in [0.29, 0.717) is 0 Å². The van der Waals surface area contributed by atoms with Crippen LogP contribution in [0, 0.1) is 24.2 Å². The second kappa shape index (κ2) is 5.07. The highest BCUT2D eigenvalue weighted by Crippen LogP contribution is 2.17. The summed E-state index contributed by atoms with van der Waals surface area (Å²) in [7, 11) is 1.69. The van der Waals surface area contributed by atoms with Crippen molar-refractivity contribution in [1.29, 1.82) is 0 Å². The smallest absolute Gasteiger partial charge is 0.119 e. The van der Waals surface area contributed by atoms with Gasteiger partial charge in [-0.25, -0.2) is 0 Å². The molecule has 0 aromatic heterocycles. The lowest BCUT2D eigenvalue weighted by molar-refractivity contribution is 0.414. The lowest BCUT2D eigenvalue weighted by Crippen LogP contribution is -1.99. The zero-order chi connectivity index (χ0) is 12.2. The summed E-state index contributed by atoms with van der Waals surface area (Å²) < 4.78 is 5.17. The summed E-state index contributed by atoms with van der Waals surface area (Å²) in [6, 6.07) is 6.13. The van der Waals surface area contributed by atoms with Crippen LogP contribution in [0.5, 0.6) is 5.75 Å². The van der Waals surface area contributed by atoms with Gasteiger partial charge in [0.2, 0.25) is 0 Å². The fourth-order valence-corrected chi connectivity index (χ4v) is 1.40. The molecule has 0 heterocycles. The molecule has 0 spiro atoms. The maximum atomic E-state index is 5.17. The SMILES string of the molecule is COc1ccc(CC#CC(C)(C)C)c(C)c1. The second-order valence-electron chi connectivity index (χ2n) is 5.02. The van der Waals surface area contributed by atoms with Crippen molar-refractivity contribution in [2.24, 2.45) is 5.41 Å². The molecule has 1 aromatic rings. The third-order valence-corrected chi connectivity index (χ3v) is 2.29. The summed E-state index contributed by atoms with van der Waals surface area (Å²) in [6.07, 6.45) is 0.813. The predicted octanol–water partition coefficient (Wildman–Crippen LogP) is 3.60. The van der Waals surface area contributed by atoms with Crippen molar-refractivity contribution in [3.05, 3.63) is 29.3 Å². The molecule has 0 amide bonds. The molecule has 0 bridgehead atoms. The molecule has 0 unspecified atom stereocenters. The van der Waals surface area contributed by atoms with Gasteiger partial charge in [-0.15, -0.1) is 0 Å². The Morgan fingerprint density at radius 3 is 2.44 bits per heavy atom. The monoisotopic (exact) mass is 216 g/mol. The number of methoxy groups -OCH3 is 1. The number of aryl methyl sites for hydroxylation is 1. The van der Waals surface area contributed by atoms with Crippen molar-refractivity contribution in [1.82, 2.24) is 0 Å². The average Bonchev–Trinajstić information content (AvgIpc) is 2.18. The van der Waals surface area contributed by atoms with Crippen LogP contribution in [0.25, 0.3) is 0 Å². The highest BCUT2D eigenvalue weighted by Gasteiger charge is 2.03. The normalized spacial score (nSPS) is 10.6. The maximum Gasteiger partial charge on any atom is 0.119 e. The van der Waals surface area contributed by atoms with Gasteiger partial charge in [0.15, 0.2) is 0 Å². The maximum absolute atomic E-state index is 5.17. The minimum atomic E-state index is 0.0837. The van der Waals surface area contributed by atoms with Gasteiger partial charge < -0.3 is 4.74 Å². The molecule has 0 aliphatic carbocycles. The summed E-state index contributed by atoms with van der Waals surface area (Å²) in [4.78, 5) is 0. The van der Waals surface area contributed by atoms with E-state index in [-0.39, 0.29) is 5.41 Å². The molecule has 0 N–H and O–H groups in total. The van der Waals surface area contributed by atoms with Crippen LogP contribution in [-0.4, -0.2) is 7.11 Å². The zero-order valence-corrected chi connectivity index (χ0v) is 10.8. The van der Waals surface area contributed by atoms with Gasteiger partial charge in [-0.1, -0.05) is 17.9 Å². The molecule has 0 atom stereocenters. The van der Waals surface area contributed by atoms with Gasteiger partial charge in [0.05, 0.1) is 7.11 Å². The van der Waals surface area contributed by atoms with Gasteiger partial charge in [0.1, 0.15) is 5.75 Å². The van der Waals surface area contributed by atoms with Gasteiger partial charge in [-0.2, -0.15) is 0 Å². The average molecular weight is 216 g/mol. The molecule has 1 heteroatoms. The predicted molar refractivity (Wildman–Crippen MR) is 68.7 cm³/mol. The number of hydrogen-bond acceptors (Lipinski definition) is 1. The Morgan fingerprint density at radius 1 is 1.25 bits per heavy atom. The Kier molecular flexibility index (Phi) is 4.01. The minimum Gasteiger partial charge on any atom is -0.497 e. The van der Waals surface area contributed by atoms with Crippen LogP contribution in [0.4, 0.5) is 0 Å². The molecule has 0 radical (unpaired) electrons. The van der Waals surface area contributed by atoms with E-state index in [9.17, 15) is 0 Å². The molecule has 0 saturated carbocycles. The van der Waals surface area contributed by atoms with E-state index >= 15 is 0 Å². The zero-order valence-electron chi connectivity index (χ0n) is 10.8. The van der Waals surface area contributed by atoms with E-state index in [1.807, 2.05) is 12.1 Å². The number of rotatable bonds is 2. The molecule has 0 saturated heterocycles. The molecule has 0 aliphatic rings. The van der Waals surface area contributed by atoms with E-state index in [1.165, 1.54) is 11.1 Å². The molecule has 0 fully saturated rings. The Labute approximate surface area is 98.8 Å². The molecular formula is C15H20O. The van der Waals surface area contributed by atoms with Crippen LogP contribution in [0.2, 0.25) is 0 Å². The van der Waals surface area contributed by atoms with Crippen molar-refractivity contribution in [2.75, 3.05) is 7.11 Å². The van der Waals surface area contributed by atoms with E-state index in [2.05, 4.69) is 45.6 Å². The lowest BCUT2D eigenvalue weighted by atomic mass is 9.97. The van der Waals surface area contributed by atoms with Crippen LogP contribution < -0.4 is 4.74 Å². The van der Waals surface area contributed by atoms with Gasteiger partial charge >= 0.3 is 0 Å². The summed E-state index contributed by atoms with van der Waals surface area (Å²) in [5, 5.41) is 0. The van der Waals surface area contributed by atoms with Gasteiger partial charge in [-0.05, 0) is 51.0 Å². The second-order valence-corrected chi connectivity index (χ2v) is 5.02. The Hall–Kier alpha value is -1.42.